The van der Waals surface area contributed by atoms with Crippen LogP contribution in [0.3, 0.4) is 0 Å². The van der Waals surface area contributed by atoms with Gasteiger partial charge in [-0.15, -0.1) is 0 Å². The van der Waals surface area contributed by atoms with Crippen molar-refractivity contribution >= 4 is 0 Å². The van der Waals surface area contributed by atoms with E-state index in [1.165, 1.54) is 25.7 Å². The van der Waals surface area contributed by atoms with Crippen molar-refractivity contribution in [2.45, 2.75) is 77.0 Å². The second kappa shape index (κ2) is 4.30. The first-order valence-corrected chi connectivity index (χ1v) is 6.91. The molecule has 1 aliphatic heterocycles. The summed E-state index contributed by atoms with van der Waals surface area (Å²) in [6.45, 7) is 9.52. The van der Waals surface area contributed by atoms with Crippen LogP contribution in [0.4, 0.5) is 0 Å². The second-order valence-electron chi connectivity index (χ2n) is 6.60. The molecule has 2 nitrogen and oxygen atoms in total. The van der Waals surface area contributed by atoms with Crippen molar-refractivity contribution in [3.05, 3.63) is 0 Å². The summed E-state index contributed by atoms with van der Waals surface area (Å²) in [5.41, 5.74) is 0.376. The van der Waals surface area contributed by atoms with Gasteiger partial charge in [0.15, 0.2) is 0 Å². The highest BCUT2D eigenvalue weighted by Gasteiger charge is 2.44. The summed E-state index contributed by atoms with van der Waals surface area (Å²) in [5, 5.41) is 3.56. The van der Waals surface area contributed by atoms with Crippen LogP contribution in [-0.4, -0.2) is 35.6 Å². The summed E-state index contributed by atoms with van der Waals surface area (Å²) >= 11 is 0. The Morgan fingerprint density at radius 2 is 1.94 bits per heavy atom. The largest absolute Gasteiger partial charge is 0.314 e. The molecule has 0 radical (unpaired) electrons. The van der Waals surface area contributed by atoms with Gasteiger partial charge in [-0.1, -0.05) is 0 Å². The van der Waals surface area contributed by atoms with E-state index in [9.17, 15) is 0 Å². The van der Waals surface area contributed by atoms with E-state index in [-0.39, 0.29) is 0 Å². The van der Waals surface area contributed by atoms with E-state index in [1.54, 1.807) is 0 Å². The molecule has 2 bridgehead atoms. The molecule has 2 rings (SSSR count). The second-order valence-corrected chi connectivity index (χ2v) is 6.60. The minimum atomic E-state index is 0.376. The van der Waals surface area contributed by atoms with E-state index in [0.29, 0.717) is 11.6 Å². The first-order valence-electron chi connectivity index (χ1n) is 6.91. The number of hydrogen-bond donors (Lipinski definition) is 1. The molecule has 0 spiro atoms. The van der Waals surface area contributed by atoms with Gasteiger partial charge in [-0.2, -0.15) is 0 Å². The van der Waals surface area contributed by atoms with Crippen LogP contribution in [0.2, 0.25) is 0 Å². The van der Waals surface area contributed by atoms with E-state index in [4.69, 9.17) is 0 Å². The van der Waals surface area contributed by atoms with E-state index in [2.05, 4.69) is 45.0 Å². The van der Waals surface area contributed by atoms with Crippen molar-refractivity contribution in [3.8, 4) is 0 Å². The summed E-state index contributed by atoms with van der Waals surface area (Å²) in [6, 6.07) is 2.28. The van der Waals surface area contributed by atoms with Crippen molar-refractivity contribution < 1.29 is 0 Å². The highest BCUT2D eigenvalue weighted by molar-refractivity contribution is 5.01. The summed E-state index contributed by atoms with van der Waals surface area (Å²) in [5.74, 6) is 0.946. The third-order valence-corrected chi connectivity index (χ3v) is 4.84. The third-order valence-electron chi connectivity index (χ3n) is 4.84. The van der Waals surface area contributed by atoms with Crippen LogP contribution in [-0.2, 0) is 0 Å². The number of nitrogens with one attached hydrogen (secondary N) is 1. The molecule has 1 saturated carbocycles. The third kappa shape index (κ3) is 2.14. The van der Waals surface area contributed by atoms with E-state index >= 15 is 0 Å². The lowest BCUT2D eigenvalue weighted by Crippen LogP contribution is -2.60. The van der Waals surface area contributed by atoms with E-state index in [1.807, 2.05) is 0 Å². The lowest BCUT2D eigenvalue weighted by molar-refractivity contribution is -0.0224. The van der Waals surface area contributed by atoms with Crippen molar-refractivity contribution in [2.75, 3.05) is 7.05 Å². The van der Waals surface area contributed by atoms with Gasteiger partial charge in [0.2, 0.25) is 0 Å². The maximum absolute atomic E-state index is 3.56. The van der Waals surface area contributed by atoms with Crippen molar-refractivity contribution in [1.82, 2.24) is 10.2 Å². The number of piperidine rings is 1. The lowest BCUT2D eigenvalue weighted by atomic mass is 9.68. The number of fused-ring (bicyclic) bond motifs is 2. The van der Waals surface area contributed by atoms with Crippen molar-refractivity contribution in [1.29, 1.82) is 0 Å². The van der Waals surface area contributed by atoms with Crippen molar-refractivity contribution in [3.63, 3.8) is 0 Å². The predicted molar refractivity (Wildman–Crippen MR) is 69.6 cm³/mol. The van der Waals surface area contributed by atoms with Crippen LogP contribution in [0.5, 0.6) is 0 Å². The molecule has 1 saturated heterocycles. The first kappa shape index (κ1) is 12.4. The Hall–Kier alpha value is -0.0800. The summed E-state index contributed by atoms with van der Waals surface area (Å²) in [4.78, 5) is 2.76. The minimum Gasteiger partial charge on any atom is -0.314 e. The van der Waals surface area contributed by atoms with Gasteiger partial charge < -0.3 is 5.32 Å². The van der Waals surface area contributed by atoms with Gasteiger partial charge in [-0.3, -0.25) is 4.90 Å². The normalized spacial score (nSPS) is 45.0. The first-order chi connectivity index (χ1) is 7.45. The maximum Gasteiger partial charge on any atom is 0.0167 e. The molecular weight excluding hydrogens is 196 g/mol. The number of rotatable bonds is 2. The Bertz CT molecular complexity index is 249. The van der Waals surface area contributed by atoms with Crippen LogP contribution >= 0.6 is 0 Å². The zero-order valence-electron chi connectivity index (χ0n) is 11.6. The molecule has 0 amide bonds. The van der Waals surface area contributed by atoms with Gasteiger partial charge in [0.05, 0.1) is 0 Å². The van der Waals surface area contributed by atoms with Crippen LogP contribution in [0, 0.1) is 5.92 Å². The van der Waals surface area contributed by atoms with Crippen molar-refractivity contribution in [2.24, 2.45) is 5.92 Å². The molecule has 2 aliphatic rings. The fraction of sp³-hybridized carbons (Fsp3) is 1.00. The number of nitrogens with zero attached hydrogens (tertiary/aromatic N) is 1. The Labute approximate surface area is 101 Å². The Morgan fingerprint density at radius 3 is 2.50 bits per heavy atom. The minimum absolute atomic E-state index is 0.376. The molecule has 94 valence electrons. The fourth-order valence-corrected chi connectivity index (χ4v) is 4.30. The monoisotopic (exact) mass is 224 g/mol. The molecule has 16 heavy (non-hydrogen) atoms. The Kier molecular flexibility index (Phi) is 3.33. The molecule has 2 fully saturated rings. The average Bonchev–Trinajstić information content (AvgIpc) is 2.15. The zero-order valence-corrected chi connectivity index (χ0v) is 11.6. The molecule has 1 heterocycles. The zero-order chi connectivity index (χ0) is 11.9. The molecule has 0 aromatic carbocycles. The Balaban J connectivity index is 2.15. The molecule has 4 atom stereocenters. The summed E-state index contributed by atoms with van der Waals surface area (Å²) in [6.07, 6.45) is 5.52. The van der Waals surface area contributed by atoms with Gasteiger partial charge in [0, 0.05) is 23.7 Å². The lowest BCUT2D eigenvalue weighted by Gasteiger charge is -2.54. The van der Waals surface area contributed by atoms with E-state index < -0.39 is 0 Å². The van der Waals surface area contributed by atoms with Crippen LogP contribution in [0.25, 0.3) is 0 Å². The van der Waals surface area contributed by atoms with Crippen LogP contribution in [0.15, 0.2) is 0 Å². The number of hydrogen-bond acceptors (Lipinski definition) is 2. The summed E-state index contributed by atoms with van der Waals surface area (Å²) < 4.78 is 0. The fourth-order valence-electron chi connectivity index (χ4n) is 4.30. The topological polar surface area (TPSA) is 15.3 Å². The van der Waals surface area contributed by atoms with Gasteiger partial charge >= 0.3 is 0 Å². The molecule has 1 N–H and O–H groups in total. The summed E-state index contributed by atoms with van der Waals surface area (Å²) in [7, 11) is 2.13. The molecule has 0 aromatic heterocycles. The predicted octanol–water partition coefficient (Wildman–Crippen LogP) is 2.64. The number of likely N-dealkylation sites (tertiary alicyclic amines) is 1. The quantitative estimate of drug-likeness (QED) is 0.776. The smallest absolute Gasteiger partial charge is 0.0167 e. The highest BCUT2D eigenvalue weighted by Crippen LogP contribution is 2.42. The highest BCUT2D eigenvalue weighted by atomic mass is 15.2. The standard InChI is InChI=1S/C14H28N2/c1-10(2)16-11(3)6-12-7-13(16)9-14(4,8-12)15-5/h10-13,15H,6-9H2,1-5H3. The molecule has 2 heteroatoms. The van der Waals surface area contributed by atoms with Crippen LogP contribution < -0.4 is 5.32 Å². The average molecular weight is 224 g/mol. The van der Waals surface area contributed by atoms with Crippen LogP contribution in [0.1, 0.15) is 53.4 Å². The van der Waals surface area contributed by atoms with Gasteiger partial charge in [-0.25, -0.2) is 0 Å². The SMILES string of the molecule is CNC1(C)CC2CC(C)N(C(C)C)C(C2)C1. The molecular formula is C14H28N2. The molecule has 1 aliphatic carbocycles. The molecule has 4 unspecified atom stereocenters. The van der Waals surface area contributed by atoms with Gasteiger partial charge in [0.1, 0.15) is 0 Å². The van der Waals surface area contributed by atoms with Gasteiger partial charge in [-0.05, 0) is 66.3 Å². The van der Waals surface area contributed by atoms with E-state index in [0.717, 1.165) is 18.0 Å². The maximum atomic E-state index is 3.56. The van der Waals surface area contributed by atoms with Gasteiger partial charge in [0.25, 0.3) is 0 Å². The molecule has 0 aromatic rings. The Morgan fingerprint density at radius 1 is 1.25 bits per heavy atom.